The maximum absolute atomic E-state index is 10.9. The standard InChI is InChI=1S/C9H11ClN2OS/c1-2-7(9(11)13)14-8-4-3-6(10)5-12-8/h3-5,7H,2H2,1H3,(H2,11,13). The zero-order valence-corrected chi connectivity index (χ0v) is 9.31. The second-order valence-corrected chi connectivity index (χ2v) is 4.39. The highest BCUT2D eigenvalue weighted by atomic mass is 35.5. The predicted octanol–water partition coefficient (Wildman–Crippen LogP) is 2.09. The lowest BCUT2D eigenvalue weighted by Crippen LogP contribution is -2.24. The largest absolute Gasteiger partial charge is 0.369 e. The summed E-state index contributed by atoms with van der Waals surface area (Å²) < 4.78 is 0. The maximum Gasteiger partial charge on any atom is 0.230 e. The van der Waals surface area contributed by atoms with E-state index >= 15 is 0 Å². The van der Waals surface area contributed by atoms with Crippen molar-refractivity contribution in [3.63, 3.8) is 0 Å². The molecule has 0 aliphatic rings. The maximum atomic E-state index is 10.9. The minimum absolute atomic E-state index is 0.219. The number of primary amides is 1. The molecule has 0 aliphatic heterocycles. The smallest absolute Gasteiger partial charge is 0.230 e. The van der Waals surface area contributed by atoms with Crippen LogP contribution in [0.3, 0.4) is 0 Å². The predicted molar refractivity (Wildman–Crippen MR) is 58.4 cm³/mol. The third-order valence-electron chi connectivity index (χ3n) is 1.65. The summed E-state index contributed by atoms with van der Waals surface area (Å²) in [6.45, 7) is 1.92. The summed E-state index contributed by atoms with van der Waals surface area (Å²) in [6.07, 6.45) is 2.25. The van der Waals surface area contributed by atoms with Crippen molar-refractivity contribution in [2.24, 2.45) is 5.73 Å². The topological polar surface area (TPSA) is 56.0 Å². The van der Waals surface area contributed by atoms with Crippen LogP contribution in [-0.4, -0.2) is 16.1 Å². The highest BCUT2D eigenvalue weighted by molar-refractivity contribution is 8.00. The molecule has 1 unspecified atom stereocenters. The fourth-order valence-corrected chi connectivity index (χ4v) is 1.87. The Morgan fingerprint density at radius 1 is 1.71 bits per heavy atom. The Labute approximate surface area is 92.0 Å². The van der Waals surface area contributed by atoms with E-state index in [0.717, 1.165) is 5.03 Å². The van der Waals surface area contributed by atoms with Gasteiger partial charge in [0.15, 0.2) is 0 Å². The van der Waals surface area contributed by atoms with Crippen molar-refractivity contribution in [1.82, 2.24) is 4.98 Å². The molecule has 0 aromatic carbocycles. The summed E-state index contributed by atoms with van der Waals surface area (Å²) >= 11 is 7.04. The fourth-order valence-electron chi connectivity index (χ4n) is 0.920. The number of amides is 1. The molecule has 0 saturated heterocycles. The average molecular weight is 231 g/mol. The first-order valence-corrected chi connectivity index (χ1v) is 5.46. The molecule has 1 amide bonds. The molecule has 0 aliphatic carbocycles. The van der Waals surface area contributed by atoms with Gasteiger partial charge in [0.25, 0.3) is 0 Å². The third kappa shape index (κ3) is 3.20. The van der Waals surface area contributed by atoms with Crippen LogP contribution in [0.15, 0.2) is 23.4 Å². The van der Waals surface area contributed by atoms with Crippen LogP contribution in [0.2, 0.25) is 5.02 Å². The van der Waals surface area contributed by atoms with Crippen molar-refractivity contribution in [2.45, 2.75) is 23.6 Å². The first-order valence-electron chi connectivity index (χ1n) is 4.21. The van der Waals surface area contributed by atoms with Crippen LogP contribution >= 0.6 is 23.4 Å². The van der Waals surface area contributed by atoms with Crippen LogP contribution in [0.1, 0.15) is 13.3 Å². The molecule has 2 N–H and O–H groups in total. The van der Waals surface area contributed by atoms with E-state index in [4.69, 9.17) is 17.3 Å². The number of rotatable bonds is 4. The van der Waals surface area contributed by atoms with Gasteiger partial charge in [0.2, 0.25) is 5.91 Å². The van der Waals surface area contributed by atoms with Crippen LogP contribution in [0, 0.1) is 0 Å². The molecule has 0 fully saturated rings. The second kappa shape index (κ2) is 5.22. The quantitative estimate of drug-likeness (QED) is 0.806. The van der Waals surface area contributed by atoms with Gasteiger partial charge in [-0.1, -0.05) is 30.3 Å². The van der Waals surface area contributed by atoms with Crippen LogP contribution in [0.25, 0.3) is 0 Å². The highest BCUT2D eigenvalue weighted by Crippen LogP contribution is 2.23. The van der Waals surface area contributed by atoms with Gasteiger partial charge in [0.1, 0.15) is 0 Å². The van der Waals surface area contributed by atoms with Crippen LogP contribution in [-0.2, 0) is 4.79 Å². The number of hydrogen-bond acceptors (Lipinski definition) is 3. The fraction of sp³-hybridized carbons (Fsp3) is 0.333. The van der Waals surface area contributed by atoms with E-state index in [1.807, 2.05) is 6.92 Å². The van der Waals surface area contributed by atoms with Crippen LogP contribution in [0.5, 0.6) is 0 Å². The van der Waals surface area contributed by atoms with Gasteiger partial charge in [0, 0.05) is 6.20 Å². The number of thioether (sulfide) groups is 1. The number of carbonyl (C=O) groups excluding carboxylic acids is 1. The number of aromatic nitrogens is 1. The van der Waals surface area contributed by atoms with Gasteiger partial charge in [-0.25, -0.2) is 4.98 Å². The molecule has 0 spiro atoms. The molecule has 1 aromatic heterocycles. The van der Waals surface area contributed by atoms with Crippen molar-refractivity contribution in [3.05, 3.63) is 23.4 Å². The minimum atomic E-state index is -0.311. The van der Waals surface area contributed by atoms with Gasteiger partial charge < -0.3 is 5.73 Å². The van der Waals surface area contributed by atoms with Crippen molar-refractivity contribution in [3.8, 4) is 0 Å². The molecule has 3 nitrogen and oxygen atoms in total. The molecule has 1 heterocycles. The Hall–Kier alpha value is -0.740. The van der Waals surface area contributed by atoms with Crippen molar-refractivity contribution in [2.75, 3.05) is 0 Å². The highest BCUT2D eigenvalue weighted by Gasteiger charge is 2.14. The van der Waals surface area contributed by atoms with E-state index in [-0.39, 0.29) is 11.2 Å². The first-order chi connectivity index (χ1) is 6.63. The van der Waals surface area contributed by atoms with Gasteiger partial charge in [-0.2, -0.15) is 0 Å². The van der Waals surface area contributed by atoms with E-state index in [9.17, 15) is 4.79 Å². The number of nitrogens with two attached hydrogens (primary N) is 1. The SMILES string of the molecule is CCC(Sc1ccc(Cl)cn1)C(N)=O. The van der Waals surface area contributed by atoms with E-state index in [1.165, 1.54) is 11.8 Å². The summed E-state index contributed by atoms with van der Waals surface area (Å²) in [6, 6.07) is 3.52. The summed E-state index contributed by atoms with van der Waals surface area (Å²) in [7, 11) is 0. The molecule has 1 atom stereocenters. The molecule has 76 valence electrons. The van der Waals surface area contributed by atoms with Gasteiger partial charge >= 0.3 is 0 Å². The summed E-state index contributed by atoms with van der Waals surface area (Å²) in [5.74, 6) is -0.311. The molecule has 0 saturated carbocycles. The van der Waals surface area contributed by atoms with Crippen molar-refractivity contribution >= 4 is 29.3 Å². The Balaban J connectivity index is 2.67. The monoisotopic (exact) mass is 230 g/mol. The normalized spacial score (nSPS) is 12.4. The van der Waals surface area contributed by atoms with Crippen molar-refractivity contribution < 1.29 is 4.79 Å². The van der Waals surface area contributed by atoms with Gasteiger partial charge in [-0.15, -0.1) is 0 Å². The molecule has 0 radical (unpaired) electrons. The molecule has 14 heavy (non-hydrogen) atoms. The Morgan fingerprint density at radius 3 is 2.86 bits per heavy atom. The summed E-state index contributed by atoms with van der Waals surface area (Å²) in [4.78, 5) is 15.0. The van der Waals surface area contributed by atoms with E-state index in [0.29, 0.717) is 11.4 Å². The van der Waals surface area contributed by atoms with Gasteiger partial charge in [0.05, 0.1) is 15.3 Å². The number of carbonyl (C=O) groups is 1. The average Bonchev–Trinajstić information content (AvgIpc) is 2.16. The molecule has 0 bridgehead atoms. The lowest BCUT2D eigenvalue weighted by Gasteiger charge is -2.08. The molecule has 1 rings (SSSR count). The summed E-state index contributed by atoms with van der Waals surface area (Å²) in [5.41, 5.74) is 5.21. The molecular weight excluding hydrogens is 220 g/mol. The Kier molecular flexibility index (Phi) is 4.22. The van der Waals surface area contributed by atoms with E-state index < -0.39 is 0 Å². The molecule has 1 aromatic rings. The number of nitrogens with zero attached hydrogens (tertiary/aromatic N) is 1. The van der Waals surface area contributed by atoms with Crippen LogP contribution < -0.4 is 5.73 Å². The summed E-state index contributed by atoms with van der Waals surface area (Å²) in [5, 5.41) is 1.13. The second-order valence-electron chi connectivity index (χ2n) is 2.73. The van der Waals surface area contributed by atoms with Crippen molar-refractivity contribution in [1.29, 1.82) is 0 Å². The van der Waals surface area contributed by atoms with E-state index in [2.05, 4.69) is 4.98 Å². The number of hydrogen-bond donors (Lipinski definition) is 1. The van der Waals surface area contributed by atoms with Gasteiger partial charge in [-0.05, 0) is 18.6 Å². The first kappa shape index (κ1) is 11.3. The third-order valence-corrected chi connectivity index (χ3v) is 3.21. The Morgan fingerprint density at radius 2 is 2.43 bits per heavy atom. The van der Waals surface area contributed by atoms with E-state index in [1.54, 1.807) is 18.3 Å². The van der Waals surface area contributed by atoms with Crippen LogP contribution in [0.4, 0.5) is 0 Å². The Bertz CT molecular complexity index is 315. The number of halogens is 1. The number of pyridine rings is 1. The molecule has 5 heteroatoms. The minimum Gasteiger partial charge on any atom is -0.369 e. The molecular formula is C9H11ClN2OS. The lowest BCUT2D eigenvalue weighted by atomic mass is 10.3. The zero-order chi connectivity index (χ0) is 10.6. The lowest BCUT2D eigenvalue weighted by molar-refractivity contribution is -0.117. The zero-order valence-electron chi connectivity index (χ0n) is 7.74. The van der Waals surface area contributed by atoms with Gasteiger partial charge in [-0.3, -0.25) is 4.79 Å².